The second-order valence-electron chi connectivity index (χ2n) is 8.14. The van der Waals surface area contributed by atoms with Crippen LogP contribution in [0.1, 0.15) is 16.7 Å². The molecular weight excluding hydrogens is 474 g/mol. The van der Waals surface area contributed by atoms with Gasteiger partial charge in [0.2, 0.25) is 10.0 Å². The summed E-state index contributed by atoms with van der Waals surface area (Å²) in [6.45, 7) is 7.33. The minimum absolute atomic E-state index is 0.117. The van der Waals surface area contributed by atoms with Crippen LogP contribution in [0.4, 0.5) is 5.13 Å². The van der Waals surface area contributed by atoms with Gasteiger partial charge in [0.1, 0.15) is 5.75 Å². The highest BCUT2D eigenvalue weighted by Crippen LogP contribution is 2.27. The molecule has 0 atom stereocenters. The first kappa shape index (κ1) is 24.3. The van der Waals surface area contributed by atoms with E-state index >= 15 is 0 Å². The van der Waals surface area contributed by atoms with E-state index in [2.05, 4.69) is 10.3 Å². The molecule has 1 saturated heterocycles. The lowest BCUT2D eigenvalue weighted by molar-refractivity contribution is -0.118. The summed E-state index contributed by atoms with van der Waals surface area (Å²) >= 11 is 1.30. The third-order valence-electron chi connectivity index (χ3n) is 5.46. The van der Waals surface area contributed by atoms with Gasteiger partial charge < -0.3 is 9.47 Å². The Bertz CT molecular complexity index is 1260. The third-order valence-corrected chi connectivity index (χ3v) is 8.13. The van der Waals surface area contributed by atoms with Crippen LogP contribution >= 0.6 is 11.3 Å². The maximum Gasteiger partial charge on any atom is 0.264 e. The number of aromatic nitrogens is 1. The number of thiazole rings is 1. The van der Waals surface area contributed by atoms with Crippen LogP contribution in [0.2, 0.25) is 0 Å². The molecule has 1 amide bonds. The summed E-state index contributed by atoms with van der Waals surface area (Å²) in [5.41, 5.74) is 4.54. The molecule has 180 valence electrons. The van der Waals surface area contributed by atoms with Crippen LogP contribution in [-0.2, 0) is 19.6 Å². The van der Waals surface area contributed by atoms with Crippen molar-refractivity contribution in [3.8, 4) is 17.0 Å². The molecule has 4 rings (SSSR count). The minimum atomic E-state index is -3.54. The van der Waals surface area contributed by atoms with Crippen molar-refractivity contribution in [1.82, 2.24) is 9.29 Å². The van der Waals surface area contributed by atoms with Gasteiger partial charge in [-0.1, -0.05) is 29.8 Å². The Morgan fingerprint density at radius 1 is 1.12 bits per heavy atom. The van der Waals surface area contributed by atoms with E-state index in [0.717, 1.165) is 22.3 Å². The van der Waals surface area contributed by atoms with Crippen LogP contribution in [-0.4, -0.2) is 56.5 Å². The molecule has 3 aromatic rings. The molecular formula is C24H27N3O5S2. The maximum absolute atomic E-state index is 12.8. The number of carbonyl (C=O) groups is 1. The van der Waals surface area contributed by atoms with E-state index in [4.69, 9.17) is 9.47 Å². The Morgan fingerprint density at radius 3 is 2.41 bits per heavy atom. The topological polar surface area (TPSA) is 97.8 Å². The second-order valence-corrected chi connectivity index (χ2v) is 10.9. The average Bonchev–Trinajstić information content (AvgIpc) is 3.27. The number of ether oxygens (including phenoxy) is 2. The molecule has 1 aromatic heterocycles. The first-order chi connectivity index (χ1) is 16.2. The van der Waals surface area contributed by atoms with Gasteiger partial charge in [0.15, 0.2) is 11.7 Å². The third kappa shape index (κ3) is 5.47. The van der Waals surface area contributed by atoms with Crippen molar-refractivity contribution in [3.05, 3.63) is 58.5 Å². The van der Waals surface area contributed by atoms with Gasteiger partial charge in [0.05, 0.1) is 23.8 Å². The van der Waals surface area contributed by atoms with E-state index in [9.17, 15) is 13.2 Å². The molecule has 1 N–H and O–H groups in total. The zero-order valence-electron chi connectivity index (χ0n) is 19.3. The molecule has 1 fully saturated rings. The number of rotatable bonds is 7. The fourth-order valence-corrected chi connectivity index (χ4v) is 6.03. The van der Waals surface area contributed by atoms with Gasteiger partial charge in [-0.2, -0.15) is 4.31 Å². The van der Waals surface area contributed by atoms with Crippen molar-refractivity contribution in [2.24, 2.45) is 0 Å². The minimum Gasteiger partial charge on any atom is -0.483 e. The zero-order valence-corrected chi connectivity index (χ0v) is 21.0. The molecule has 0 spiro atoms. The van der Waals surface area contributed by atoms with Crippen LogP contribution in [0.25, 0.3) is 11.3 Å². The highest BCUT2D eigenvalue weighted by atomic mass is 32.2. The number of carbonyl (C=O) groups excluding carboxylic acids is 1. The van der Waals surface area contributed by atoms with Gasteiger partial charge in [0.25, 0.3) is 5.91 Å². The predicted molar refractivity (Wildman–Crippen MR) is 132 cm³/mol. The summed E-state index contributed by atoms with van der Waals surface area (Å²) in [6, 6.07) is 10.6. The molecule has 34 heavy (non-hydrogen) atoms. The first-order valence-electron chi connectivity index (χ1n) is 10.9. The maximum atomic E-state index is 12.8. The first-order valence-corrected chi connectivity index (χ1v) is 13.2. The van der Waals surface area contributed by atoms with Crippen molar-refractivity contribution < 1.29 is 22.7 Å². The Morgan fingerprint density at radius 2 is 1.76 bits per heavy atom. The fourth-order valence-electron chi connectivity index (χ4n) is 3.88. The van der Waals surface area contributed by atoms with Gasteiger partial charge in [-0.15, -0.1) is 11.3 Å². The summed E-state index contributed by atoms with van der Waals surface area (Å²) < 4.78 is 38.0. The number of hydrogen-bond acceptors (Lipinski definition) is 7. The molecule has 0 aliphatic carbocycles. The Kier molecular flexibility index (Phi) is 7.32. The number of benzene rings is 2. The summed E-state index contributed by atoms with van der Waals surface area (Å²) in [7, 11) is -3.54. The summed E-state index contributed by atoms with van der Waals surface area (Å²) in [4.78, 5) is 17.1. The normalized spacial score (nSPS) is 14.7. The van der Waals surface area contributed by atoms with E-state index in [1.165, 1.54) is 15.6 Å². The van der Waals surface area contributed by atoms with Gasteiger partial charge in [-0.25, -0.2) is 13.4 Å². The van der Waals surface area contributed by atoms with Crippen molar-refractivity contribution >= 4 is 32.4 Å². The number of nitrogens with one attached hydrogen (secondary N) is 1. The number of nitrogens with zero attached hydrogens (tertiary/aromatic N) is 2. The molecule has 0 radical (unpaired) electrons. The molecule has 0 bridgehead atoms. The largest absolute Gasteiger partial charge is 0.483 e. The Labute approximate surface area is 203 Å². The van der Waals surface area contributed by atoms with Gasteiger partial charge in [-0.3, -0.25) is 10.1 Å². The van der Waals surface area contributed by atoms with E-state index in [1.807, 2.05) is 38.3 Å². The van der Waals surface area contributed by atoms with Gasteiger partial charge >= 0.3 is 0 Å². The van der Waals surface area contributed by atoms with Crippen LogP contribution in [0.15, 0.2) is 46.7 Å². The van der Waals surface area contributed by atoms with E-state index in [1.54, 1.807) is 24.3 Å². The molecule has 2 aromatic carbocycles. The van der Waals surface area contributed by atoms with Crippen molar-refractivity contribution in [2.45, 2.75) is 25.7 Å². The lowest BCUT2D eigenvalue weighted by Crippen LogP contribution is -2.40. The fraction of sp³-hybridized carbons (Fsp3) is 0.333. The lowest BCUT2D eigenvalue weighted by atomic mass is 10.1. The summed E-state index contributed by atoms with van der Waals surface area (Å²) in [5.74, 6) is 0.417. The molecule has 2 heterocycles. The lowest BCUT2D eigenvalue weighted by Gasteiger charge is -2.26. The predicted octanol–water partition coefficient (Wildman–Crippen LogP) is 3.77. The van der Waals surface area contributed by atoms with Crippen LogP contribution in [0.3, 0.4) is 0 Å². The van der Waals surface area contributed by atoms with Crippen LogP contribution in [0, 0.1) is 20.8 Å². The molecule has 0 unspecified atom stereocenters. The van der Waals surface area contributed by atoms with Crippen molar-refractivity contribution in [3.63, 3.8) is 0 Å². The Hall–Kier alpha value is -2.79. The van der Waals surface area contributed by atoms with E-state index < -0.39 is 10.0 Å². The number of anilines is 1. The molecule has 0 saturated carbocycles. The van der Waals surface area contributed by atoms with Gasteiger partial charge in [-0.05, 0) is 44.0 Å². The van der Waals surface area contributed by atoms with Crippen LogP contribution in [0.5, 0.6) is 5.75 Å². The zero-order chi connectivity index (χ0) is 24.3. The number of hydrogen-bond donors (Lipinski definition) is 1. The van der Waals surface area contributed by atoms with Crippen molar-refractivity contribution in [2.75, 3.05) is 38.2 Å². The standard InChI is InChI=1S/C24H27N3O5S2/c1-16-12-17(2)23(18(3)13-16)32-14-22(28)26-24-25-21(15-33-24)19-4-6-20(7-5-19)34(29,30)27-8-10-31-11-9-27/h4-7,12-13,15H,8-11,14H2,1-3H3,(H,25,26,28). The highest BCUT2D eigenvalue weighted by Gasteiger charge is 2.26. The highest BCUT2D eigenvalue weighted by molar-refractivity contribution is 7.89. The molecule has 8 nitrogen and oxygen atoms in total. The van der Waals surface area contributed by atoms with E-state index in [0.29, 0.717) is 42.9 Å². The SMILES string of the molecule is Cc1cc(C)c(OCC(=O)Nc2nc(-c3ccc(S(=O)(=O)N4CCOCC4)cc3)cs2)c(C)c1. The number of amides is 1. The van der Waals surface area contributed by atoms with Gasteiger partial charge in [0, 0.05) is 24.0 Å². The smallest absolute Gasteiger partial charge is 0.264 e. The monoisotopic (exact) mass is 501 g/mol. The molecule has 1 aliphatic rings. The number of morpholine rings is 1. The summed E-state index contributed by atoms with van der Waals surface area (Å²) in [5, 5.41) is 5.03. The van der Waals surface area contributed by atoms with Crippen molar-refractivity contribution in [1.29, 1.82) is 0 Å². The number of aryl methyl sites for hydroxylation is 3. The summed E-state index contributed by atoms with van der Waals surface area (Å²) in [6.07, 6.45) is 0. The van der Waals surface area contributed by atoms with E-state index in [-0.39, 0.29) is 17.4 Å². The quantitative estimate of drug-likeness (QED) is 0.529. The molecule has 10 heteroatoms. The second kappa shape index (κ2) is 10.2. The van der Waals surface area contributed by atoms with Crippen LogP contribution < -0.4 is 10.1 Å². The molecule has 1 aliphatic heterocycles. The average molecular weight is 502 g/mol. The number of sulfonamides is 1. The Balaban J connectivity index is 1.38.